The van der Waals surface area contributed by atoms with Crippen LogP contribution in [-0.4, -0.2) is 38.2 Å². The number of benzene rings is 1. The van der Waals surface area contributed by atoms with Crippen LogP contribution in [0.3, 0.4) is 0 Å². The van der Waals surface area contributed by atoms with Gasteiger partial charge in [0.2, 0.25) is 5.91 Å². The number of nitrogens with two attached hydrogens (primary N) is 1. The van der Waals surface area contributed by atoms with Crippen molar-refractivity contribution in [3.8, 4) is 5.75 Å². The van der Waals surface area contributed by atoms with E-state index in [1.807, 2.05) is 45.0 Å². The van der Waals surface area contributed by atoms with Crippen LogP contribution < -0.4 is 15.8 Å². The predicted octanol–water partition coefficient (Wildman–Crippen LogP) is 1.52. The molecule has 0 spiro atoms. The lowest BCUT2D eigenvalue weighted by Crippen LogP contribution is -2.46. The zero-order chi connectivity index (χ0) is 18.1. The maximum Gasteiger partial charge on any atom is 0.310 e. The zero-order valence-corrected chi connectivity index (χ0v) is 14.9. The molecule has 6 nitrogen and oxygen atoms in total. The zero-order valence-electron chi connectivity index (χ0n) is 14.9. The van der Waals surface area contributed by atoms with Gasteiger partial charge >= 0.3 is 5.97 Å². The first kappa shape index (κ1) is 20.0. The van der Waals surface area contributed by atoms with Gasteiger partial charge in [-0.3, -0.25) is 9.59 Å². The van der Waals surface area contributed by atoms with Crippen molar-refractivity contribution in [1.82, 2.24) is 5.32 Å². The summed E-state index contributed by atoms with van der Waals surface area (Å²) in [6.45, 7) is 6.47. The van der Waals surface area contributed by atoms with Crippen molar-refractivity contribution in [1.29, 1.82) is 0 Å². The van der Waals surface area contributed by atoms with Gasteiger partial charge in [-0.25, -0.2) is 0 Å². The summed E-state index contributed by atoms with van der Waals surface area (Å²) in [6, 6.07) is 6.94. The van der Waals surface area contributed by atoms with E-state index in [9.17, 15) is 9.59 Å². The Morgan fingerprint density at radius 3 is 2.33 bits per heavy atom. The third kappa shape index (κ3) is 6.20. The second kappa shape index (κ2) is 9.93. The third-order valence-corrected chi connectivity index (χ3v) is 3.79. The Hall–Kier alpha value is -2.08. The van der Waals surface area contributed by atoms with Gasteiger partial charge in [-0.05, 0) is 37.0 Å². The Balaban J connectivity index is 2.68. The molecule has 0 aliphatic rings. The van der Waals surface area contributed by atoms with Crippen molar-refractivity contribution in [3.63, 3.8) is 0 Å². The highest BCUT2D eigenvalue weighted by Gasteiger charge is 2.23. The minimum Gasteiger partial charge on any atom is -0.494 e. The molecule has 1 rings (SSSR count). The van der Waals surface area contributed by atoms with E-state index < -0.39 is 12.0 Å². The minimum absolute atomic E-state index is 0.0349. The summed E-state index contributed by atoms with van der Waals surface area (Å²) in [5, 5.41) is 2.74. The Bertz CT molecular complexity index is 528. The van der Waals surface area contributed by atoms with Crippen LogP contribution in [0.25, 0.3) is 0 Å². The van der Waals surface area contributed by atoms with Crippen LogP contribution in [0.5, 0.6) is 5.75 Å². The highest BCUT2D eigenvalue weighted by atomic mass is 16.5. The van der Waals surface area contributed by atoms with Crippen molar-refractivity contribution in [2.75, 3.05) is 20.3 Å². The number of hydrogen-bond donors (Lipinski definition) is 2. The maximum absolute atomic E-state index is 12.0. The molecule has 0 aliphatic carbocycles. The molecular weight excluding hydrogens is 308 g/mol. The Labute approximate surface area is 143 Å². The molecule has 0 fully saturated rings. The first-order valence-corrected chi connectivity index (χ1v) is 8.21. The van der Waals surface area contributed by atoms with E-state index >= 15 is 0 Å². The van der Waals surface area contributed by atoms with Gasteiger partial charge in [-0.15, -0.1) is 0 Å². The van der Waals surface area contributed by atoms with E-state index in [2.05, 4.69) is 5.32 Å². The van der Waals surface area contributed by atoms with Crippen molar-refractivity contribution in [2.24, 2.45) is 17.6 Å². The first-order chi connectivity index (χ1) is 11.4. The maximum atomic E-state index is 12.0. The summed E-state index contributed by atoms with van der Waals surface area (Å²) in [6.07, 6.45) is 0.469. The normalized spacial score (nSPS) is 13.2. The molecule has 0 aliphatic heterocycles. The van der Waals surface area contributed by atoms with Gasteiger partial charge in [-0.2, -0.15) is 0 Å². The molecule has 0 radical (unpaired) electrons. The van der Waals surface area contributed by atoms with E-state index in [0.29, 0.717) is 13.0 Å². The fourth-order valence-electron chi connectivity index (χ4n) is 2.22. The highest BCUT2D eigenvalue weighted by Crippen LogP contribution is 2.16. The number of esters is 1. The predicted molar refractivity (Wildman–Crippen MR) is 92.6 cm³/mol. The fourth-order valence-corrected chi connectivity index (χ4v) is 2.22. The van der Waals surface area contributed by atoms with E-state index in [0.717, 1.165) is 11.3 Å². The van der Waals surface area contributed by atoms with Crippen LogP contribution in [0, 0.1) is 11.8 Å². The SMILES string of the molecule is CCOc1ccc(CC(CNC(=O)[C@@H](N)C(C)C)C(=O)OC)cc1. The fraction of sp³-hybridized carbons (Fsp3) is 0.556. The summed E-state index contributed by atoms with van der Waals surface area (Å²) in [5.74, 6) is -0.260. The van der Waals surface area contributed by atoms with Gasteiger partial charge in [0.05, 0.1) is 25.7 Å². The number of rotatable bonds is 9. The number of hydrogen-bond acceptors (Lipinski definition) is 5. The standard InChI is InChI=1S/C18H28N2O4/c1-5-24-15-8-6-13(7-9-15)10-14(18(22)23-4)11-20-17(21)16(19)12(2)3/h6-9,12,14,16H,5,10-11,19H2,1-4H3,(H,20,21)/t14?,16-/m0/s1. The summed E-state index contributed by atoms with van der Waals surface area (Å²) >= 11 is 0. The summed E-state index contributed by atoms with van der Waals surface area (Å²) in [5.41, 5.74) is 6.78. The molecule has 1 aromatic rings. The largest absolute Gasteiger partial charge is 0.494 e. The molecule has 134 valence electrons. The monoisotopic (exact) mass is 336 g/mol. The van der Waals surface area contributed by atoms with Gasteiger partial charge < -0.3 is 20.5 Å². The molecule has 24 heavy (non-hydrogen) atoms. The van der Waals surface area contributed by atoms with E-state index in [1.54, 1.807) is 0 Å². The smallest absolute Gasteiger partial charge is 0.310 e. The second-order valence-electron chi connectivity index (χ2n) is 6.02. The lowest BCUT2D eigenvalue weighted by Gasteiger charge is -2.19. The molecule has 1 aromatic carbocycles. The van der Waals surface area contributed by atoms with Gasteiger partial charge in [0, 0.05) is 6.54 Å². The van der Waals surface area contributed by atoms with Crippen LogP contribution in [0.2, 0.25) is 0 Å². The van der Waals surface area contributed by atoms with E-state index in [1.165, 1.54) is 7.11 Å². The Morgan fingerprint density at radius 1 is 1.21 bits per heavy atom. The lowest BCUT2D eigenvalue weighted by atomic mass is 9.98. The quantitative estimate of drug-likeness (QED) is 0.667. The van der Waals surface area contributed by atoms with Gasteiger partial charge in [-0.1, -0.05) is 26.0 Å². The number of ether oxygens (including phenoxy) is 2. The number of amides is 1. The van der Waals surface area contributed by atoms with Gasteiger partial charge in [0.1, 0.15) is 5.75 Å². The van der Waals surface area contributed by atoms with Crippen LogP contribution in [0.4, 0.5) is 0 Å². The third-order valence-electron chi connectivity index (χ3n) is 3.79. The van der Waals surface area contributed by atoms with Crippen molar-refractivity contribution in [2.45, 2.75) is 33.2 Å². The summed E-state index contributed by atoms with van der Waals surface area (Å²) in [7, 11) is 1.34. The Kier molecular flexibility index (Phi) is 8.26. The highest BCUT2D eigenvalue weighted by molar-refractivity contribution is 5.82. The van der Waals surface area contributed by atoms with Crippen molar-refractivity contribution >= 4 is 11.9 Å². The summed E-state index contributed by atoms with van der Waals surface area (Å²) in [4.78, 5) is 23.9. The molecule has 2 atom stereocenters. The molecule has 6 heteroatoms. The average Bonchev–Trinajstić information content (AvgIpc) is 2.58. The lowest BCUT2D eigenvalue weighted by molar-refractivity contribution is -0.145. The Morgan fingerprint density at radius 2 is 1.83 bits per heavy atom. The molecule has 0 bridgehead atoms. The molecule has 0 saturated carbocycles. The van der Waals surface area contributed by atoms with E-state index in [4.69, 9.17) is 15.2 Å². The number of carbonyl (C=O) groups is 2. The van der Waals surface area contributed by atoms with Gasteiger partial charge in [0.25, 0.3) is 0 Å². The first-order valence-electron chi connectivity index (χ1n) is 8.21. The molecule has 3 N–H and O–H groups in total. The molecule has 0 heterocycles. The number of methoxy groups -OCH3 is 1. The number of carbonyl (C=O) groups excluding carboxylic acids is 2. The van der Waals surface area contributed by atoms with Crippen LogP contribution in [0.1, 0.15) is 26.3 Å². The van der Waals surface area contributed by atoms with Crippen LogP contribution in [-0.2, 0) is 20.7 Å². The average molecular weight is 336 g/mol. The summed E-state index contributed by atoms with van der Waals surface area (Å²) < 4.78 is 10.2. The molecule has 1 amide bonds. The van der Waals surface area contributed by atoms with Crippen LogP contribution >= 0.6 is 0 Å². The second-order valence-corrected chi connectivity index (χ2v) is 6.02. The molecule has 0 aromatic heterocycles. The van der Waals surface area contributed by atoms with E-state index in [-0.39, 0.29) is 24.3 Å². The molecular formula is C18H28N2O4. The van der Waals surface area contributed by atoms with Gasteiger partial charge in [0.15, 0.2) is 0 Å². The molecule has 0 saturated heterocycles. The topological polar surface area (TPSA) is 90.6 Å². The minimum atomic E-state index is -0.589. The van der Waals surface area contributed by atoms with Crippen molar-refractivity contribution in [3.05, 3.63) is 29.8 Å². The number of nitrogens with one attached hydrogen (secondary N) is 1. The van der Waals surface area contributed by atoms with Crippen LogP contribution in [0.15, 0.2) is 24.3 Å². The molecule has 1 unspecified atom stereocenters. The van der Waals surface area contributed by atoms with Crippen molar-refractivity contribution < 1.29 is 19.1 Å².